The fourth-order valence-electron chi connectivity index (χ4n) is 2.34. The Morgan fingerprint density at radius 1 is 1.37 bits per heavy atom. The van der Waals surface area contributed by atoms with Gasteiger partial charge in [-0.15, -0.1) is 11.3 Å². The molecule has 5 heteroatoms. The van der Waals surface area contributed by atoms with Crippen LogP contribution in [0.3, 0.4) is 0 Å². The van der Waals surface area contributed by atoms with Crippen molar-refractivity contribution in [2.75, 3.05) is 26.2 Å². The van der Waals surface area contributed by atoms with E-state index < -0.39 is 0 Å². The number of rotatable bonds is 4. The highest BCUT2D eigenvalue weighted by Crippen LogP contribution is 2.13. The molecule has 1 amide bonds. The van der Waals surface area contributed by atoms with Crippen LogP contribution in [-0.4, -0.2) is 46.9 Å². The highest BCUT2D eigenvalue weighted by molar-refractivity contribution is 7.09. The predicted octanol–water partition coefficient (Wildman–Crippen LogP) is 2.14. The van der Waals surface area contributed by atoms with Gasteiger partial charge in [-0.1, -0.05) is 13.8 Å². The van der Waals surface area contributed by atoms with E-state index in [-0.39, 0.29) is 0 Å². The van der Waals surface area contributed by atoms with Gasteiger partial charge in [0.25, 0.3) is 0 Å². The third kappa shape index (κ3) is 4.28. The van der Waals surface area contributed by atoms with Crippen molar-refractivity contribution >= 4 is 17.2 Å². The number of aromatic nitrogens is 1. The molecule has 1 fully saturated rings. The molecule has 1 aromatic heterocycles. The first-order valence-corrected chi connectivity index (χ1v) is 7.83. The second-order valence-corrected chi connectivity index (χ2v) is 6.67. The van der Waals surface area contributed by atoms with Crippen LogP contribution in [0, 0.1) is 12.8 Å². The number of thiazole rings is 1. The summed E-state index contributed by atoms with van der Waals surface area (Å²) < 4.78 is 0. The van der Waals surface area contributed by atoms with Gasteiger partial charge in [-0.3, -0.25) is 9.69 Å². The third-order valence-electron chi connectivity index (χ3n) is 3.36. The second-order valence-electron chi connectivity index (χ2n) is 5.61. The lowest BCUT2D eigenvalue weighted by atomic mass is 10.1. The van der Waals surface area contributed by atoms with Crippen molar-refractivity contribution in [1.82, 2.24) is 14.8 Å². The number of carbonyl (C=O) groups is 1. The maximum absolute atomic E-state index is 12.0. The molecular formula is C14H23N3OS. The normalized spacial score (nSPS) is 17.2. The molecule has 2 heterocycles. The van der Waals surface area contributed by atoms with Crippen LogP contribution in [0.4, 0.5) is 0 Å². The van der Waals surface area contributed by atoms with Gasteiger partial charge >= 0.3 is 0 Å². The SMILES string of the molecule is Cc1nc(CN2CCN(C(=O)CC(C)C)CC2)cs1. The van der Waals surface area contributed by atoms with E-state index in [1.165, 1.54) is 0 Å². The van der Waals surface area contributed by atoms with Crippen LogP contribution in [0.1, 0.15) is 31.0 Å². The Morgan fingerprint density at radius 3 is 2.58 bits per heavy atom. The van der Waals surface area contributed by atoms with Crippen LogP contribution in [0.15, 0.2) is 5.38 Å². The largest absolute Gasteiger partial charge is 0.340 e. The van der Waals surface area contributed by atoms with Crippen LogP contribution >= 0.6 is 11.3 Å². The number of hydrogen-bond acceptors (Lipinski definition) is 4. The van der Waals surface area contributed by atoms with Gasteiger partial charge in [-0.2, -0.15) is 0 Å². The predicted molar refractivity (Wildman–Crippen MR) is 78.2 cm³/mol. The Kier molecular flexibility index (Phi) is 4.93. The molecule has 0 saturated carbocycles. The maximum Gasteiger partial charge on any atom is 0.222 e. The number of hydrogen-bond donors (Lipinski definition) is 0. The fourth-order valence-corrected chi connectivity index (χ4v) is 2.95. The summed E-state index contributed by atoms with van der Waals surface area (Å²) in [6.07, 6.45) is 0.672. The smallest absolute Gasteiger partial charge is 0.222 e. The molecule has 1 aromatic rings. The van der Waals surface area contributed by atoms with Crippen LogP contribution in [0.25, 0.3) is 0 Å². The molecule has 0 N–H and O–H groups in total. The first-order valence-electron chi connectivity index (χ1n) is 6.95. The minimum atomic E-state index is 0.305. The Balaban J connectivity index is 1.77. The van der Waals surface area contributed by atoms with Crippen molar-refractivity contribution in [2.45, 2.75) is 33.7 Å². The molecule has 0 bridgehead atoms. The minimum absolute atomic E-state index is 0.305. The van der Waals surface area contributed by atoms with Gasteiger partial charge in [-0.25, -0.2) is 4.98 Å². The van der Waals surface area contributed by atoms with Crippen LogP contribution in [-0.2, 0) is 11.3 Å². The fraction of sp³-hybridized carbons (Fsp3) is 0.714. The zero-order chi connectivity index (χ0) is 13.8. The molecule has 0 spiro atoms. The lowest BCUT2D eigenvalue weighted by molar-refractivity contribution is -0.133. The van der Waals surface area contributed by atoms with Crippen molar-refractivity contribution in [1.29, 1.82) is 0 Å². The van der Waals surface area contributed by atoms with Gasteiger partial charge in [0.05, 0.1) is 10.7 Å². The number of piperazine rings is 1. The summed E-state index contributed by atoms with van der Waals surface area (Å²) in [5.41, 5.74) is 1.16. The molecule has 4 nitrogen and oxygen atoms in total. The van der Waals surface area contributed by atoms with E-state index in [2.05, 4.69) is 29.1 Å². The van der Waals surface area contributed by atoms with Crippen molar-refractivity contribution in [2.24, 2.45) is 5.92 Å². The van der Waals surface area contributed by atoms with Crippen molar-refractivity contribution in [3.63, 3.8) is 0 Å². The zero-order valence-electron chi connectivity index (χ0n) is 12.1. The summed E-state index contributed by atoms with van der Waals surface area (Å²) >= 11 is 1.70. The van der Waals surface area contributed by atoms with Crippen molar-refractivity contribution < 1.29 is 4.79 Å². The molecule has 1 saturated heterocycles. The van der Waals surface area contributed by atoms with Crippen molar-refractivity contribution in [3.8, 4) is 0 Å². The molecule has 19 heavy (non-hydrogen) atoms. The Bertz CT molecular complexity index is 422. The first-order chi connectivity index (χ1) is 9.04. The lowest BCUT2D eigenvalue weighted by Crippen LogP contribution is -2.48. The molecule has 0 aliphatic carbocycles. The number of aryl methyl sites for hydroxylation is 1. The summed E-state index contributed by atoms with van der Waals surface area (Å²) in [5.74, 6) is 0.752. The Labute approximate surface area is 119 Å². The molecular weight excluding hydrogens is 258 g/mol. The number of nitrogens with zero attached hydrogens (tertiary/aromatic N) is 3. The van der Waals surface area contributed by atoms with Gasteiger partial charge in [0, 0.05) is 44.5 Å². The molecule has 1 aliphatic rings. The van der Waals surface area contributed by atoms with Crippen molar-refractivity contribution in [3.05, 3.63) is 16.1 Å². The van der Waals surface area contributed by atoms with Crippen LogP contribution in [0.5, 0.6) is 0 Å². The Morgan fingerprint density at radius 2 is 2.05 bits per heavy atom. The van der Waals surface area contributed by atoms with E-state index in [0.29, 0.717) is 18.2 Å². The summed E-state index contributed by atoms with van der Waals surface area (Å²) in [5, 5.41) is 3.26. The first kappa shape index (κ1) is 14.5. The van der Waals surface area contributed by atoms with Gasteiger partial charge in [-0.05, 0) is 12.8 Å². The topological polar surface area (TPSA) is 36.4 Å². The summed E-state index contributed by atoms with van der Waals surface area (Å²) in [7, 11) is 0. The minimum Gasteiger partial charge on any atom is -0.340 e. The van der Waals surface area contributed by atoms with E-state index in [9.17, 15) is 4.79 Å². The third-order valence-corrected chi connectivity index (χ3v) is 4.18. The van der Waals surface area contributed by atoms with E-state index >= 15 is 0 Å². The van der Waals surface area contributed by atoms with Gasteiger partial charge in [0.1, 0.15) is 0 Å². The van der Waals surface area contributed by atoms with Gasteiger partial charge in [0.2, 0.25) is 5.91 Å². The quantitative estimate of drug-likeness (QED) is 0.848. The summed E-state index contributed by atoms with van der Waals surface area (Å²) in [4.78, 5) is 20.9. The Hall–Kier alpha value is -0.940. The standard InChI is InChI=1S/C14H23N3OS/c1-11(2)8-14(18)17-6-4-16(5-7-17)9-13-10-19-12(3)15-13/h10-11H,4-9H2,1-3H3. The molecule has 0 unspecified atom stereocenters. The molecule has 0 aromatic carbocycles. The van der Waals surface area contributed by atoms with Gasteiger partial charge < -0.3 is 4.90 Å². The molecule has 106 valence electrons. The number of carbonyl (C=O) groups excluding carboxylic acids is 1. The monoisotopic (exact) mass is 281 g/mol. The van der Waals surface area contributed by atoms with Crippen LogP contribution in [0.2, 0.25) is 0 Å². The lowest BCUT2D eigenvalue weighted by Gasteiger charge is -2.34. The average Bonchev–Trinajstić information content (AvgIpc) is 2.75. The summed E-state index contributed by atoms with van der Waals surface area (Å²) in [6.45, 7) is 10.8. The molecule has 0 atom stereocenters. The summed E-state index contributed by atoms with van der Waals surface area (Å²) in [6, 6.07) is 0. The molecule has 0 radical (unpaired) electrons. The zero-order valence-corrected chi connectivity index (χ0v) is 12.9. The second kappa shape index (κ2) is 6.48. The van der Waals surface area contributed by atoms with E-state index in [1.807, 2.05) is 11.8 Å². The van der Waals surface area contributed by atoms with Crippen LogP contribution < -0.4 is 0 Å². The highest BCUT2D eigenvalue weighted by Gasteiger charge is 2.21. The number of amides is 1. The van der Waals surface area contributed by atoms with E-state index in [4.69, 9.17) is 0 Å². The average molecular weight is 281 g/mol. The molecule has 2 rings (SSSR count). The molecule has 1 aliphatic heterocycles. The highest BCUT2D eigenvalue weighted by atomic mass is 32.1. The maximum atomic E-state index is 12.0. The van der Waals surface area contributed by atoms with E-state index in [0.717, 1.165) is 43.4 Å². The van der Waals surface area contributed by atoms with E-state index in [1.54, 1.807) is 11.3 Å². The van der Waals surface area contributed by atoms with Gasteiger partial charge in [0.15, 0.2) is 0 Å².